The van der Waals surface area contributed by atoms with Crippen molar-refractivity contribution in [3.8, 4) is 11.5 Å². The minimum atomic E-state index is -1.00. The molecule has 212 valence electrons. The highest BCUT2D eigenvalue weighted by Gasteiger charge is 2.49. The van der Waals surface area contributed by atoms with Crippen LogP contribution in [0.3, 0.4) is 0 Å². The number of hydrogen-bond acceptors (Lipinski definition) is 7. The molecule has 0 spiro atoms. The summed E-state index contributed by atoms with van der Waals surface area (Å²) in [5.74, 6) is -2.03. The first-order valence-corrected chi connectivity index (χ1v) is 14.9. The topological polar surface area (TPSA) is 92.9 Å². The summed E-state index contributed by atoms with van der Waals surface area (Å²) >= 11 is 7.82. The molecule has 0 bridgehead atoms. The third-order valence-corrected chi connectivity index (χ3v) is 9.55. The van der Waals surface area contributed by atoms with E-state index in [1.807, 2.05) is 19.2 Å². The maximum Gasteiger partial charge on any atom is 0.254 e. The largest absolute Gasteiger partial charge is 0.448 e. The lowest BCUT2D eigenvalue weighted by molar-refractivity contribution is -0.130. The molecule has 2 fully saturated rings. The molecule has 0 radical (unpaired) electrons. The van der Waals surface area contributed by atoms with Crippen molar-refractivity contribution < 1.29 is 23.4 Å². The van der Waals surface area contributed by atoms with Crippen LogP contribution in [0.1, 0.15) is 59.8 Å². The highest BCUT2D eigenvalue weighted by atomic mass is 35.5. The molecule has 2 N–H and O–H groups in total. The molecule has 11 heteroatoms. The Morgan fingerprint density at radius 3 is 2.56 bits per heavy atom. The van der Waals surface area contributed by atoms with Gasteiger partial charge in [-0.05, 0) is 51.9 Å². The Hall–Kier alpha value is -2.27. The molecule has 1 saturated carbocycles. The highest BCUT2D eigenvalue weighted by molar-refractivity contribution is 7.98. The zero-order chi connectivity index (χ0) is 28.1. The number of benzene rings is 1. The van der Waals surface area contributed by atoms with Crippen LogP contribution in [0.25, 0.3) is 0 Å². The molecule has 1 aromatic heterocycles. The van der Waals surface area contributed by atoms with Gasteiger partial charge in [0.15, 0.2) is 17.3 Å². The van der Waals surface area contributed by atoms with Crippen LogP contribution in [0.15, 0.2) is 15.8 Å². The van der Waals surface area contributed by atoms with E-state index in [4.69, 9.17) is 25.8 Å². The van der Waals surface area contributed by atoms with Gasteiger partial charge in [-0.2, -0.15) is 0 Å². The Labute approximate surface area is 236 Å². The normalized spacial score (nSPS) is 25.0. The van der Waals surface area contributed by atoms with Crippen LogP contribution in [-0.2, 0) is 11.3 Å². The van der Waals surface area contributed by atoms with Gasteiger partial charge in [0.05, 0.1) is 11.7 Å². The van der Waals surface area contributed by atoms with Gasteiger partial charge in [-0.15, -0.1) is 11.8 Å². The molecule has 8 nitrogen and oxygen atoms in total. The van der Waals surface area contributed by atoms with Crippen molar-refractivity contribution in [1.82, 2.24) is 15.2 Å². The van der Waals surface area contributed by atoms with Gasteiger partial charge in [0.25, 0.3) is 17.3 Å². The first-order chi connectivity index (χ1) is 18.6. The lowest BCUT2D eigenvalue weighted by atomic mass is 9.80. The zero-order valence-electron chi connectivity index (χ0n) is 22.9. The second-order valence-corrected chi connectivity index (χ2v) is 12.1. The number of aromatic nitrogens is 1. The van der Waals surface area contributed by atoms with Gasteiger partial charge in [0.2, 0.25) is 0 Å². The minimum absolute atomic E-state index is 0.0569. The summed E-state index contributed by atoms with van der Waals surface area (Å²) in [7, 11) is 1.75. The number of thioether (sulfide) groups is 1. The fourth-order valence-corrected chi connectivity index (χ4v) is 6.93. The Kier molecular flexibility index (Phi) is 7.94. The fraction of sp³-hybridized carbons (Fsp3) is 0.571. The Morgan fingerprint density at radius 2 is 1.92 bits per heavy atom. The molecule has 1 aromatic carbocycles. The Bertz CT molecular complexity index is 1340. The average molecular weight is 580 g/mol. The lowest BCUT2D eigenvalue weighted by Gasteiger charge is -2.47. The molecular weight excluding hydrogens is 545 g/mol. The first kappa shape index (κ1) is 28.3. The minimum Gasteiger partial charge on any atom is -0.448 e. The first-order valence-electron chi connectivity index (χ1n) is 13.3. The van der Waals surface area contributed by atoms with Crippen LogP contribution < -0.4 is 20.3 Å². The highest BCUT2D eigenvalue weighted by Crippen LogP contribution is 2.52. The summed E-state index contributed by atoms with van der Waals surface area (Å²) in [6.07, 6.45) is 6.02. The predicted molar refractivity (Wildman–Crippen MR) is 149 cm³/mol. The molecular formula is C28H35ClFN3O5S. The van der Waals surface area contributed by atoms with Crippen molar-refractivity contribution in [2.75, 3.05) is 26.5 Å². The monoisotopic (exact) mass is 579 g/mol. The van der Waals surface area contributed by atoms with Gasteiger partial charge in [-0.25, -0.2) is 4.39 Å². The number of nitrogens with one attached hydrogen (secondary N) is 2. The molecule has 3 heterocycles. The Morgan fingerprint density at radius 1 is 1.26 bits per heavy atom. The van der Waals surface area contributed by atoms with Gasteiger partial charge in [0.1, 0.15) is 5.02 Å². The third-order valence-electron chi connectivity index (χ3n) is 8.41. The summed E-state index contributed by atoms with van der Waals surface area (Å²) in [5, 5.41) is 2.41. The number of H-pyrrole nitrogens is 1. The number of nitrogens with zero attached hydrogens (tertiary/aromatic N) is 1. The number of fused-ring (bicyclic) bond motifs is 1. The van der Waals surface area contributed by atoms with Crippen molar-refractivity contribution >= 4 is 29.3 Å². The molecule has 5 rings (SSSR count). The average Bonchev–Trinajstić information content (AvgIpc) is 3.25. The molecule has 1 atom stereocenters. The van der Waals surface area contributed by atoms with Gasteiger partial charge in [0, 0.05) is 67.3 Å². The molecule has 3 aliphatic rings. The SMILES string of the molecule is COC1CN(C2CCC(C3(C)Oc4c(C)c(C(=O)NCc5c(SC)cc(C)[nH]c5=O)c(F)c(Cl)c4O3)CC2)C1. The van der Waals surface area contributed by atoms with Gasteiger partial charge < -0.3 is 24.5 Å². The maximum absolute atomic E-state index is 15.5. The number of ether oxygens (including phenoxy) is 3. The lowest BCUT2D eigenvalue weighted by Crippen LogP contribution is -2.57. The zero-order valence-corrected chi connectivity index (χ0v) is 24.5. The van der Waals surface area contributed by atoms with Crippen LogP contribution >= 0.6 is 23.4 Å². The van der Waals surface area contributed by atoms with E-state index in [1.54, 1.807) is 21.0 Å². The van der Waals surface area contributed by atoms with Crippen LogP contribution in [0.4, 0.5) is 4.39 Å². The summed E-state index contributed by atoms with van der Waals surface area (Å²) in [6, 6.07) is 2.36. The number of aryl methyl sites for hydroxylation is 1. The van der Waals surface area contributed by atoms with E-state index in [9.17, 15) is 9.59 Å². The van der Waals surface area contributed by atoms with E-state index >= 15 is 4.39 Å². The number of halogens is 2. The fourth-order valence-electron chi connectivity index (χ4n) is 6.01. The second kappa shape index (κ2) is 11.0. The van der Waals surface area contributed by atoms with Crippen LogP contribution in [-0.4, -0.2) is 60.2 Å². The smallest absolute Gasteiger partial charge is 0.254 e. The second-order valence-electron chi connectivity index (χ2n) is 10.8. The quantitative estimate of drug-likeness (QED) is 0.455. The van der Waals surface area contributed by atoms with Gasteiger partial charge in [-0.3, -0.25) is 14.5 Å². The summed E-state index contributed by atoms with van der Waals surface area (Å²) < 4.78 is 33.5. The number of methoxy groups -OCH3 is 1. The number of carbonyl (C=O) groups is 1. The summed E-state index contributed by atoms with van der Waals surface area (Å²) in [6.45, 7) is 7.16. The van der Waals surface area contributed by atoms with Crippen molar-refractivity contribution in [2.45, 2.75) is 75.8 Å². The number of carbonyl (C=O) groups excluding carboxylic acids is 1. The number of pyridine rings is 1. The number of likely N-dealkylation sites (tertiary alicyclic amines) is 1. The van der Waals surface area contributed by atoms with E-state index in [0.717, 1.165) is 49.4 Å². The van der Waals surface area contributed by atoms with E-state index in [0.29, 0.717) is 29.0 Å². The number of aromatic amines is 1. The summed E-state index contributed by atoms with van der Waals surface area (Å²) in [4.78, 5) is 31.6. The third kappa shape index (κ3) is 5.16. The van der Waals surface area contributed by atoms with Crippen molar-refractivity contribution in [1.29, 1.82) is 0 Å². The van der Waals surface area contributed by atoms with Crippen LogP contribution in [0, 0.1) is 25.6 Å². The van der Waals surface area contributed by atoms with Gasteiger partial charge in [-0.1, -0.05) is 11.6 Å². The van der Waals surface area contributed by atoms with E-state index in [1.165, 1.54) is 11.8 Å². The standard InChI is InChI=1S/C28H35ClFN3O5S/c1-14-10-20(39-5)19(26(34)32-14)11-31-27(35)21-15(2)24-25(22(29)23(21)30)38-28(3,37-24)16-6-8-17(9-7-16)33-12-18(13-33)36-4/h10,16-18H,6-9,11-13H2,1-5H3,(H,31,35)(H,32,34). The van der Waals surface area contributed by atoms with Gasteiger partial charge >= 0.3 is 0 Å². The predicted octanol–water partition coefficient (Wildman–Crippen LogP) is 4.81. The van der Waals surface area contributed by atoms with Crippen molar-refractivity contribution in [2.24, 2.45) is 5.92 Å². The van der Waals surface area contributed by atoms with E-state index in [2.05, 4.69) is 15.2 Å². The van der Waals surface area contributed by atoms with Crippen LogP contribution in [0.2, 0.25) is 5.02 Å². The molecule has 1 amide bonds. The number of amides is 1. The molecule has 1 unspecified atom stereocenters. The molecule has 39 heavy (non-hydrogen) atoms. The molecule has 2 aliphatic heterocycles. The number of hydrogen-bond donors (Lipinski definition) is 2. The van der Waals surface area contributed by atoms with Crippen molar-refractivity contribution in [3.05, 3.63) is 49.6 Å². The molecule has 1 aliphatic carbocycles. The molecule has 2 aromatic rings. The van der Waals surface area contributed by atoms with Crippen molar-refractivity contribution in [3.63, 3.8) is 0 Å². The number of rotatable bonds is 7. The Balaban J connectivity index is 1.31. The van der Waals surface area contributed by atoms with E-state index < -0.39 is 17.5 Å². The summed E-state index contributed by atoms with van der Waals surface area (Å²) in [5.41, 5.74) is 0.941. The van der Waals surface area contributed by atoms with E-state index in [-0.39, 0.29) is 34.4 Å². The molecule has 1 saturated heterocycles. The maximum atomic E-state index is 15.5. The van der Waals surface area contributed by atoms with Crippen LogP contribution in [0.5, 0.6) is 11.5 Å².